The third kappa shape index (κ3) is 7.20. The third-order valence-electron chi connectivity index (χ3n) is 3.08. The summed E-state index contributed by atoms with van der Waals surface area (Å²) < 4.78 is 10.5. The summed E-state index contributed by atoms with van der Waals surface area (Å²) >= 11 is 0. The molecule has 0 spiro atoms. The first-order valence-corrected chi connectivity index (χ1v) is 6.55. The smallest absolute Gasteiger partial charge is 0.160 e. The zero-order valence-electron chi connectivity index (χ0n) is 11.2. The summed E-state index contributed by atoms with van der Waals surface area (Å²) in [7, 11) is 3.36. The Labute approximate surface area is 101 Å². The van der Waals surface area contributed by atoms with Gasteiger partial charge < -0.3 is 15.2 Å². The van der Waals surface area contributed by atoms with E-state index in [9.17, 15) is 0 Å². The average Bonchev–Trinajstić information content (AvgIpc) is 2.32. The Bertz CT molecular complexity index is 138. The third-order valence-corrected chi connectivity index (χ3v) is 3.08. The molecule has 0 radical (unpaired) electrons. The summed E-state index contributed by atoms with van der Waals surface area (Å²) in [6.45, 7) is 2.88. The molecule has 0 aromatic rings. The number of unbranched alkanes of at least 4 members (excludes halogenated alkanes) is 5. The zero-order chi connectivity index (χ0) is 12.2. The van der Waals surface area contributed by atoms with E-state index >= 15 is 0 Å². The monoisotopic (exact) mass is 231 g/mol. The molecule has 0 aliphatic carbocycles. The lowest BCUT2D eigenvalue weighted by atomic mass is 9.99. The highest BCUT2D eigenvalue weighted by Gasteiger charge is 2.18. The van der Waals surface area contributed by atoms with Crippen LogP contribution < -0.4 is 5.73 Å². The lowest BCUT2D eigenvalue weighted by molar-refractivity contribution is -0.136. The molecular weight excluding hydrogens is 202 g/mol. The summed E-state index contributed by atoms with van der Waals surface area (Å²) in [5.41, 5.74) is 5.73. The second-order valence-corrected chi connectivity index (χ2v) is 4.39. The molecule has 0 aliphatic rings. The minimum Gasteiger partial charge on any atom is -0.356 e. The van der Waals surface area contributed by atoms with Gasteiger partial charge in [0.05, 0.1) is 0 Å². The SMILES string of the molecule is CCCCCCCCC(CN)C(OC)OC. The standard InChI is InChI=1S/C13H29NO2/c1-4-5-6-7-8-9-10-12(11-14)13(15-2)16-3/h12-13H,4-11,14H2,1-3H3. The summed E-state index contributed by atoms with van der Waals surface area (Å²) in [4.78, 5) is 0. The fourth-order valence-electron chi connectivity index (χ4n) is 2.03. The van der Waals surface area contributed by atoms with E-state index in [0.717, 1.165) is 6.42 Å². The number of methoxy groups -OCH3 is 2. The van der Waals surface area contributed by atoms with Crippen LogP contribution in [0.25, 0.3) is 0 Å². The molecule has 0 heterocycles. The fourth-order valence-corrected chi connectivity index (χ4v) is 2.03. The average molecular weight is 231 g/mol. The number of hydrogen-bond acceptors (Lipinski definition) is 3. The highest BCUT2D eigenvalue weighted by molar-refractivity contribution is 4.64. The van der Waals surface area contributed by atoms with E-state index in [0.29, 0.717) is 12.5 Å². The number of hydrogen-bond donors (Lipinski definition) is 1. The van der Waals surface area contributed by atoms with Crippen molar-refractivity contribution in [3.05, 3.63) is 0 Å². The molecule has 0 saturated heterocycles. The summed E-state index contributed by atoms with van der Waals surface area (Å²) in [6, 6.07) is 0. The van der Waals surface area contributed by atoms with Crippen molar-refractivity contribution in [1.29, 1.82) is 0 Å². The predicted molar refractivity (Wildman–Crippen MR) is 68.3 cm³/mol. The molecule has 2 N–H and O–H groups in total. The van der Waals surface area contributed by atoms with Crippen LogP contribution >= 0.6 is 0 Å². The summed E-state index contributed by atoms with van der Waals surface area (Å²) in [5, 5.41) is 0. The fraction of sp³-hybridized carbons (Fsp3) is 1.00. The van der Waals surface area contributed by atoms with Crippen LogP contribution in [0, 0.1) is 5.92 Å². The van der Waals surface area contributed by atoms with Crippen molar-refractivity contribution in [3.63, 3.8) is 0 Å². The highest BCUT2D eigenvalue weighted by Crippen LogP contribution is 2.16. The van der Waals surface area contributed by atoms with Gasteiger partial charge in [0.2, 0.25) is 0 Å². The number of nitrogens with two attached hydrogens (primary N) is 1. The van der Waals surface area contributed by atoms with Crippen LogP contribution in [0.15, 0.2) is 0 Å². The molecule has 1 unspecified atom stereocenters. The second kappa shape index (κ2) is 11.4. The van der Waals surface area contributed by atoms with Gasteiger partial charge in [-0.2, -0.15) is 0 Å². The highest BCUT2D eigenvalue weighted by atomic mass is 16.7. The Balaban J connectivity index is 3.54. The van der Waals surface area contributed by atoms with Gasteiger partial charge in [-0.05, 0) is 13.0 Å². The van der Waals surface area contributed by atoms with Crippen molar-refractivity contribution in [2.24, 2.45) is 11.7 Å². The van der Waals surface area contributed by atoms with Crippen LogP contribution in [0.1, 0.15) is 51.9 Å². The van der Waals surface area contributed by atoms with Gasteiger partial charge in [-0.3, -0.25) is 0 Å². The van der Waals surface area contributed by atoms with Crippen LogP contribution in [0.3, 0.4) is 0 Å². The van der Waals surface area contributed by atoms with Gasteiger partial charge in [-0.15, -0.1) is 0 Å². The van der Waals surface area contributed by atoms with Gasteiger partial charge in [-0.1, -0.05) is 45.4 Å². The van der Waals surface area contributed by atoms with Crippen molar-refractivity contribution >= 4 is 0 Å². The molecule has 16 heavy (non-hydrogen) atoms. The molecule has 0 rings (SSSR count). The van der Waals surface area contributed by atoms with E-state index in [1.165, 1.54) is 38.5 Å². The van der Waals surface area contributed by atoms with Crippen molar-refractivity contribution in [3.8, 4) is 0 Å². The van der Waals surface area contributed by atoms with Gasteiger partial charge in [0.25, 0.3) is 0 Å². The minimum atomic E-state index is -0.138. The molecular formula is C13H29NO2. The van der Waals surface area contributed by atoms with Gasteiger partial charge in [0, 0.05) is 20.1 Å². The molecule has 98 valence electrons. The maximum Gasteiger partial charge on any atom is 0.160 e. The lowest BCUT2D eigenvalue weighted by Crippen LogP contribution is -2.31. The van der Waals surface area contributed by atoms with E-state index in [-0.39, 0.29) is 6.29 Å². The Morgan fingerprint density at radius 2 is 1.50 bits per heavy atom. The lowest BCUT2D eigenvalue weighted by Gasteiger charge is -2.23. The van der Waals surface area contributed by atoms with Crippen LogP contribution in [0.2, 0.25) is 0 Å². The predicted octanol–water partition coefficient (Wildman–Crippen LogP) is 2.93. The van der Waals surface area contributed by atoms with Gasteiger partial charge in [-0.25, -0.2) is 0 Å². The van der Waals surface area contributed by atoms with E-state index in [4.69, 9.17) is 15.2 Å². The Morgan fingerprint density at radius 1 is 0.938 bits per heavy atom. The van der Waals surface area contributed by atoms with Crippen molar-refractivity contribution < 1.29 is 9.47 Å². The molecule has 1 atom stereocenters. The topological polar surface area (TPSA) is 44.5 Å². The van der Waals surface area contributed by atoms with Crippen LogP contribution in [-0.4, -0.2) is 27.1 Å². The molecule has 0 aliphatic heterocycles. The minimum absolute atomic E-state index is 0.138. The molecule has 0 aromatic carbocycles. The van der Waals surface area contributed by atoms with Gasteiger partial charge >= 0.3 is 0 Å². The van der Waals surface area contributed by atoms with Crippen molar-refractivity contribution in [2.75, 3.05) is 20.8 Å². The van der Waals surface area contributed by atoms with Gasteiger partial charge in [0.1, 0.15) is 0 Å². The first-order chi connectivity index (χ1) is 7.79. The van der Waals surface area contributed by atoms with Crippen molar-refractivity contribution in [2.45, 2.75) is 58.2 Å². The first-order valence-electron chi connectivity index (χ1n) is 6.55. The Morgan fingerprint density at radius 3 is 2.00 bits per heavy atom. The number of rotatable bonds is 11. The van der Waals surface area contributed by atoms with E-state index in [2.05, 4.69) is 6.92 Å². The van der Waals surface area contributed by atoms with Crippen LogP contribution in [-0.2, 0) is 9.47 Å². The maximum absolute atomic E-state index is 5.73. The van der Waals surface area contributed by atoms with Crippen LogP contribution in [0.5, 0.6) is 0 Å². The molecule has 0 aromatic heterocycles. The molecule has 0 fully saturated rings. The quantitative estimate of drug-likeness (QED) is 0.439. The number of ether oxygens (including phenoxy) is 2. The Hall–Kier alpha value is -0.120. The first kappa shape index (κ1) is 15.9. The van der Waals surface area contributed by atoms with Gasteiger partial charge in [0.15, 0.2) is 6.29 Å². The van der Waals surface area contributed by atoms with E-state index in [1.807, 2.05) is 0 Å². The largest absolute Gasteiger partial charge is 0.356 e. The molecule has 0 amide bonds. The van der Waals surface area contributed by atoms with E-state index < -0.39 is 0 Å². The molecule has 0 bridgehead atoms. The molecule has 3 heteroatoms. The zero-order valence-corrected chi connectivity index (χ0v) is 11.2. The van der Waals surface area contributed by atoms with E-state index in [1.54, 1.807) is 14.2 Å². The normalized spacial score (nSPS) is 13.3. The Kier molecular flexibility index (Phi) is 11.3. The molecule has 0 saturated carbocycles. The van der Waals surface area contributed by atoms with Crippen LogP contribution in [0.4, 0.5) is 0 Å². The summed E-state index contributed by atoms with van der Waals surface area (Å²) in [6.07, 6.45) is 8.87. The maximum atomic E-state index is 5.73. The van der Waals surface area contributed by atoms with Crippen molar-refractivity contribution in [1.82, 2.24) is 0 Å². The molecule has 3 nitrogen and oxygen atoms in total. The summed E-state index contributed by atoms with van der Waals surface area (Å²) in [5.74, 6) is 0.334. The second-order valence-electron chi connectivity index (χ2n) is 4.39.